The summed E-state index contributed by atoms with van der Waals surface area (Å²) in [5.74, 6) is -0.279. The van der Waals surface area contributed by atoms with Crippen LogP contribution in [0, 0.1) is 5.82 Å². The van der Waals surface area contributed by atoms with Gasteiger partial charge in [0.15, 0.2) is 0 Å². The molecular weight excluding hydrogens is 375 g/mol. The molecule has 0 spiro atoms. The van der Waals surface area contributed by atoms with Gasteiger partial charge in [0.25, 0.3) is 0 Å². The van der Waals surface area contributed by atoms with E-state index in [2.05, 4.69) is 33.6 Å². The van der Waals surface area contributed by atoms with Crippen molar-refractivity contribution in [3.05, 3.63) is 46.4 Å². The fourth-order valence-electron chi connectivity index (χ4n) is 4.14. The van der Waals surface area contributed by atoms with Crippen LogP contribution in [0.2, 0.25) is 0 Å². The number of halogens is 1. The molecule has 3 heterocycles. The number of amides is 2. The van der Waals surface area contributed by atoms with Crippen molar-refractivity contribution in [1.29, 1.82) is 0 Å². The molecule has 0 bridgehead atoms. The summed E-state index contributed by atoms with van der Waals surface area (Å²) >= 11 is 1.65. The maximum absolute atomic E-state index is 14.8. The van der Waals surface area contributed by atoms with E-state index in [0.29, 0.717) is 11.4 Å². The van der Waals surface area contributed by atoms with Crippen molar-refractivity contribution in [2.45, 2.75) is 25.3 Å². The van der Waals surface area contributed by atoms with Crippen LogP contribution in [0.15, 0.2) is 35.0 Å². The number of carbonyl (C=O) groups is 1. The Labute approximate surface area is 169 Å². The van der Waals surface area contributed by atoms with Gasteiger partial charge in [-0.15, -0.1) is 0 Å². The minimum absolute atomic E-state index is 0.115. The van der Waals surface area contributed by atoms with Crippen LogP contribution < -0.4 is 10.2 Å². The average molecular weight is 403 g/mol. The number of hydrogen-bond acceptors (Lipinski definition) is 4. The number of likely N-dealkylation sites (tertiary alicyclic amines) is 1. The highest BCUT2D eigenvalue weighted by molar-refractivity contribution is 7.08. The summed E-state index contributed by atoms with van der Waals surface area (Å²) in [5, 5.41) is 7.03. The summed E-state index contributed by atoms with van der Waals surface area (Å²) in [6.07, 6.45) is 2.98. The van der Waals surface area contributed by atoms with E-state index >= 15 is 0 Å². The number of rotatable bonds is 3. The van der Waals surface area contributed by atoms with Gasteiger partial charge in [0.1, 0.15) is 5.82 Å². The monoisotopic (exact) mass is 402 g/mol. The summed E-state index contributed by atoms with van der Waals surface area (Å²) in [7, 11) is 2.10. The van der Waals surface area contributed by atoms with Gasteiger partial charge in [-0.2, -0.15) is 11.3 Å². The standard InChI is InChI=1S/C21H27FN4OS/c1-24-8-3-9-25(12-11-24)20-6-5-17(14-18(20)22)23-21(27)26-10-2-4-19(26)16-7-13-28-15-16/h5-7,13-15,19H,2-4,8-12H2,1H3,(H,23,27)/t19-/m1/s1. The van der Waals surface area contributed by atoms with Gasteiger partial charge >= 0.3 is 6.03 Å². The first kappa shape index (κ1) is 19.2. The molecule has 2 fully saturated rings. The Kier molecular flexibility index (Phi) is 5.82. The maximum Gasteiger partial charge on any atom is 0.322 e. The number of anilines is 2. The fourth-order valence-corrected chi connectivity index (χ4v) is 4.85. The van der Waals surface area contributed by atoms with Crippen LogP contribution in [-0.2, 0) is 0 Å². The van der Waals surface area contributed by atoms with E-state index in [1.54, 1.807) is 23.5 Å². The molecule has 2 aliphatic heterocycles. The van der Waals surface area contributed by atoms with Gasteiger partial charge in [-0.25, -0.2) is 9.18 Å². The molecule has 2 amide bonds. The van der Waals surface area contributed by atoms with Crippen LogP contribution in [-0.4, -0.2) is 55.6 Å². The molecule has 0 aliphatic carbocycles. The summed E-state index contributed by atoms with van der Waals surface area (Å²) in [6.45, 7) is 4.36. The van der Waals surface area contributed by atoms with Gasteiger partial charge < -0.3 is 20.0 Å². The van der Waals surface area contributed by atoms with Gasteiger partial charge in [-0.05, 0) is 73.4 Å². The molecule has 2 aliphatic rings. The van der Waals surface area contributed by atoms with Crippen LogP contribution in [0.4, 0.5) is 20.6 Å². The zero-order valence-electron chi connectivity index (χ0n) is 16.2. The number of benzene rings is 1. The Morgan fingerprint density at radius 2 is 2.04 bits per heavy atom. The third-order valence-electron chi connectivity index (χ3n) is 5.70. The van der Waals surface area contributed by atoms with Crippen LogP contribution in [0.25, 0.3) is 0 Å². The largest absolute Gasteiger partial charge is 0.368 e. The van der Waals surface area contributed by atoms with Gasteiger partial charge in [-0.1, -0.05) is 0 Å². The molecule has 0 unspecified atom stereocenters. The quantitative estimate of drug-likeness (QED) is 0.827. The number of carbonyl (C=O) groups excluding carboxylic acids is 1. The van der Waals surface area contributed by atoms with Gasteiger partial charge in [-0.3, -0.25) is 0 Å². The molecule has 2 aromatic rings. The van der Waals surface area contributed by atoms with Crippen LogP contribution >= 0.6 is 11.3 Å². The minimum Gasteiger partial charge on any atom is -0.368 e. The Morgan fingerprint density at radius 1 is 1.14 bits per heavy atom. The zero-order chi connectivity index (χ0) is 19.5. The molecule has 0 radical (unpaired) electrons. The predicted octanol–water partition coefficient (Wildman–Crippen LogP) is 4.40. The van der Waals surface area contributed by atoms with Crippen molar-refractivity contribution in [2.75, 3.05) is 50.0 Å². The van der Waals surface area contributed by atoms with E-state index in [4.69, 9.17) is 0 Å². The first-order valence-corrected chi connectivity index (χ1v) is 10.9. The fraction of sp³-hybridized carbons (Fsp3) is 0.476. The average Bonchev–Trinajstić information content (AvgIpc) is 3.32. The van der Waals surface area contributed by atoms with Gasteiger partial charge in [0.05, 0.1) is 11.7 Å². The molecule has 5 nitrogen and oxygen atoms in total. The second-order valence-corrected chi connectivity index (χ2v) is 8.43. The number of nitrogens with zero attached hydrogens (tertiary/aromatic N) is 3. The predicted molar refractivity (Wildman–Crippen MR) is 113 cm³/mol. The highest BCUT2D eigenvalue weighted by Crippen LogP contribution is 2.33. The van der Waals surface area contributed by atoms with Crippen molar-refractivity contribution in [3.8, 4) is 0 Å². The second-order valence-electron chi connectivity index (χ2n) is 7.65. The lowest BCUT2D eigenvalue weighted by molar-refractivity contribution is 0.207. The molecule has 1 atom stereocenters. The summed E-state index contributed by atoms with van der Waals surface area (Å²) in [6, 6.07) is 7.07. The topological polar surface area (TPSA) is 38.8 Å². The molecule has 7 heteroatoms. The summed E-state index contributed by atoms with van der Waals surface area (Å²) in [5.41, 5.74) is 2.31. The Bertz CT molecular complexity index is 813. The SMILES string of the molecule is CN1CCCN(c2ccc(NC(=O)N3CCC[C@@H]3c3ccsc3)cc2F)CC1. The zero-order valence-corrected chi connectivity index (χ0v) is 17.1. The van der Waals surface area contributed by atoms with E-state index in [0.717, 1.165) is 52.0 Å². The van der Waals surface area contributed by atoms with E-state index in [1.165, 1.54) is 11.6 Å². The first-order chi connectivity index (χ1) is 13.6. The van der Waals surface area contributed by atoms with Crippen molar-refractivity contribution >= 4 is 28.7 Å². The first-order valence-electron chi connectivity index (χ1n) is 9.94. The Hall–Kier alpha value is -2.12. The normalized spacial score (nSPS) is 21.0. The van der Waals surface area contributed by atoms with E-state index < -0.39 is 0 Å². The number of urea groups is 1. The summed E-state index contributed by atoms with van der Waals surface area (Å²) in [4.78, 5) is 19.0. The smallest absolute Gasteiger partial charge is 0.322 e. The number of likely N-dealkylation sites (N-methyl/N-ethyl adjacent to an activating group) is 1. The molecular formula is C21H27FN4OS. The molecule has 1 N–H and O–H groups in total. The van der Waals surface area contributed by atoms with Crippen LogP contribution in [0.1, 0.15) is 30.9 Å². The molecule has 0 saturated carbocycles. The molecule has 2 saturated heterocycles. The second kappa shape index (κ2) is 8.49. The van der Waals surface area contributed by atoms with Crippen molar-refractivity contribution < 1.29 is 9.18 Å². The van der Waals surface area contributed by atoms with Crippen LogP contribution in [0.5, 0.6) is 0 Å². The van der Waals surface area contributed by atoms with E-state index in [9.17, 15) is 9.18 Å². The minimum atomic E-state index is -0.279. The van der Waals surface area contributed by atoms with Crippen molar-refractivity contribution in [3.63, 3.8) is 0 Å². The van der Waals surface area contributed by atoms with Crippen LogP contribution in [0.3, 0.4) is 0 Å². The molecule has 150 valence electrons. The Morgan fingerprint density at radius 3 is 2.82 bits per heavy atom. The maximum atomic E-state index is 14.8. The molecule has 4 rings (SSSR count). The highest BCUT2D eigenvalue weighted by Gasteiger charge is 2.30. The van der Waals surface area contributed by atoms with Gasteiger partial charge in [0, 0.05) is 31.9 Å². The van der Waals surface area contributed by atoms with E-state index in [-0.39, 0.29) is 17.9 Å². The molecule has 28 heavy (non-hydrogen) atoms. The molecule has 1 aromatic heterocycles. The number of hydrogen-bond donors (Lipinski definition) is 1. The third-order valence-corrected chi connectivity index (χ3v) is 6.40. The molecule has 1 aromatic carbocycles. The van der Waals surface area contributed by atoms with Gasteiger partial charge in [0.2, 0.25) is 0 Å². The van der Waals surface area contributed by atoms with Crippen molar-refractivity contribution in [2.24, 2.45) is 0 Å². The third kappa shape index (κ3) is 4.15. The lowest BCUT2D eigenvalue weighted by atomic mass is 10.1. The Balaban J connectivity index is 1.43. The number of thiophene rings is 1. The summed E-state index contributed by atoms with van der Waals surface area (Å²) < 4.78 is 14.8. The lowest BCUT2D eigenvalue weighted by Gasteiger charge is -2.25. The highest BCUT2D eigenvalue weighted by atomic mass is 32.1. The van der Waals surface area contributed by atoms with E-state index in [1.807, 2.05) is 10.3 Å². The van der Waals surface area contributed by atoms with Crippen molar-refractivity contribution in [1.82, 2.24) is 9.80 Å². The number of nitrogens with one attached hydrogen (secondary N) is 1. The lowest BCUT2D eigenvalue weighted by Crippen LogP contribution is -2.34.